The average molecular weight is 299 g/mol. The van der Waals surface area contributed by atoms with Crippen LogP contribution in [0.2, 0.25) is 0 Å². The average Bonchev–Trinajstić information content (AvgIpc) is 2.87. The summed E-state index contributed by atoms with van der Waals surface area (Å²) in [4.78, 5) is 0. The van der Waals surface area contributed by atoms with E-state index in [2.05, 4.69) is 57.4 Å². The summed E-state index contributed by atoms with van der Waals surface area (Å²) in [5.41, 5.74) is 3.50. The van der Waals surface area contributed by atoms with Crippen molar-refractivity contribution in [2.24, 2.45) is 0 Å². The van der Waals surface area contributed by atoms with E-state index in [0.29, 0.717) is 0 Å². The maximum atomic E-state index is 4.32. The Balaban J connectivity index is 1.94. The normalized spacial score (nSPS) is 10.5. The van der Waals surface area contributed by atoms with Crippen molar-refractivity contribution in [3.63, 3.8) is 0 Å². The van der Waals surface area contributed by atoms with Crippen molar-refractivity contribution in [1.82, 2.24) is 9.78 Å². The highest BCUT2D eigenvalue weighted by molar-refractivity contribution is 9.10. The Bertz CT molecular complexity index is 642. The van der Waals surface area contributed by atoms with Crippen molar-refractivity contribution in [3.05, 3.63) is 71.5 Å². The van der Waals surface area contributed by atoms with Crippen LogP contribution in [-0.2, 0) is 0 Å². The fourth-order valence-corrected chi connectivity index (χ4v) is 2.17. The highest BCUT2D eigenvalue weighted by atomic mass is 79.9. The maximum absolute atomic E-state index is 4.32. The molecule has 18 heavy (non-hydrogen) atoms. The summed E-state index contributed by atoms with van der Waals surface area (Å²) in [7, 11) is 0. The van der Waals surface area contributed by atoms with Gasteiger partial charge in [-0.25, -0.2) is 4.68 Å². The van der Waals surface area contributed by atoms with Crippen molar-refractivity contribution in [2.75, 3.05) is 0 Å². The van der Waals surface area contributed by atoms with Gasteiger partial charge in [-0.1, -0.05) is 42.5 Å². The zero-order valence-corrected chi connectivity index (χ0v) is 11.2. The molecule has 1 heterocycles. The van der Waals surface area contributed by atoms with Gasteiger partial charge >= 0.3 is 0 Å². The van der Waals surface area contributed by atoms with Gasteiger partial charge in [0.15, 0.2) is 0 Å². The number of nitrogens with zero attached hydrogens (tertiary/aromatic N) is 2. The Morgan fingerprint density at radius 3 is 2.06 bits per heavy atom. The highest BCUT2D eigenvalue weighted by Gasteiger charge is 2.00. The summed E-state index contributed by atoms with van der Waals surface area (Å²) in [6.07, 6.45) is 1.93. The lowest BCUT2D eigenvalue weighted by Crippen LogP contribution is -1.93. The largest absolute Gasteiger partial charge is 0.240 e. The number of aromatic nitrogens is 2. The molecule has 88 valence electrons. The molecule has 3 heteroatoms. The molecule has 0 aliphatic heterocycles. The molecule has 0 aliphatic carbocycles. The summed E-state index contributed by atoms with van der Waals surface area (Å²) >= 11 is 3.35. The van der Waals surface area contributed by atoms with Gasteiger partial charge in [0.2, 0.25) is 0 Å². The van der Waals surface area contributed by atoms with E-state index in [1.54, 1.807) is 0 Å². The molecule has 0 saturated carbocycles. The van der Waals surface area contributed by atoms with E-state index in [0.717, 1.165) is 10.3 Å². The van der Waals surface area contributed by atoms with Crippen LogP contribution >= 0.6 is 15.9 Å². The second kappa shape index (κ2) is 4.78. The van der Waals surface area contributed by atoms with Crippen LogP contribution in [0.15, 0.2) is 71.5 Å². The van der Waals surface area contributed by atoms with Crippen LogP contribution < -0.4 is 0 Å². The molecule has 0 N–H and O–H groups in total. The fourth-order valence-electron chi connectivity index (χ4n) is 1.88. The topological polar surface area (TPSA) is 17.8 Å². The number of benzene rings is 2. The smallest absolute Gasteiger partial charge is 0.128 e. The first-order valence-corrected chi connectivity index (χ1v) is 6.49. The molecule has 3 aromatic rings. The van der Waals surface area contributed by atoms with Crippen LogP contribution in [0.1, 0.15) is 0 Å². The summed E-state index contributed by atoms with van der Waals surface area (Å²) < 4.78 is 2.69. The first kappa shape index (κ1) is 11.2. The standard InChI is InChI=1S/C15H11BrN2/c16-15-10-11-18(17-15)14-8-6-13(7-9-14)12-4-2-1-3-5-12/h1-11H. The molecule has 0 radical (unpaired) electrons. The minimum absolute atomic E-state index is 0.842. The van der Waals surface area contributed by atoms with Crippen LogP contribution in [0.5, 0.6) is 0 Å². The highest BCUT2D eigenvalue weighted by Crippen LogP contribution is 2.20. The van der Waals surface area contributed by atoms with Gasteiger partial charge in [0, 0.05) is 6.20 Å². The second-order valence-electron chi connectivity index (χ2n) is 4.00. The summed E-state index contributed by atoms with van der Waals surface area (Å²) in [6.45, 7) is 0. The van der Waals surface area contributed by atoms with E-state index in [1.807, 2.05) is 35.1 Å². The predicted octanol–water partition coefficient (Wildman–Crippen LogP) is 4.30. The lowest BCUT2D eigenvalue weighted by atomic mass is 10.1. The first-order chi connectivity index (χ1) is 8.83. The third kappa shape index (κ3) is 2.22. The summed E-state index contributed by atoms with van der Waals surface area (Å²) in [6, 6.07) is 20.6. The molecule has 0 fully saturated rings. The van der Waals surface area contributed by atoms with Crippen LogP contribution in [0.25, 0.3) is 16.8 Å². The van der Waals surface area contributed by atoms with E-state index in [1.165, 1.54) is 11.1 Å². The molecule has 0 spiro atoms. The van der Waals surface area contributed by atoms with E-state index < -0.39 is 0 Å². The first-order valence-electron chi connectivity index (χ1n) is 5.70. The van der Waals surface area contributed by atoms with Gasteiger partial charge in [0.05, 0.1) is 5.69 Å². The number of halogens is 1. The van der Waals surface area contributed by atoms with Gasteiger partial charge in [-0.15, -0.1) is 0 Å². The number of hydrogen-bond acceptors (Lipinski definition) is 1. The van der Waals surface area contributed by atoms with Crippen molar-refractivity contribution in [2.45, 2.75) is 0 Å². The quantitative estimate of drug-likeness (QED) is 0.690. The van der Waals surface area contributed by atoms with Crippen molar-refractivity contribution in [1.29, 1.82) is 0 Å². The van der Waals surface area contributed by atoms with Crippen LogP contribution in [0, 0.1) is 0 Å². The summed E-state index contributed by atoms with van der Waals surface area (Å²) in [5.74, 6) is 0. The van der Waals surface area contributed by atoms with Gasteiger partial charge in [0.1, 0.15) is 4.60 Å². The van der Waals surface area contributed by atoms with E-state index >= 15 is 0 Å². The van der Waals surface area contributed by atoms with Crippen molar-refractivity contribution < 1.29 is 0 Å². The molecule has 2 aromatic carbocycles. The van der Waals surface area contributed by atoms with Crippen LogP contribution in [0.3, 0.4) is 0 Å². The minimum atomic E-state index is 0.842. The fraction of sp³-hybridized carbons (Fsp3) is 0. The van der Waals surface area contributed by atoms with Crippen LogP contribution in [0.4, 0.5) is 0 Å². The van der Waals surface area contributed by atoms with Gasteiger partial charge in [0.25, 0.3) is 0 Å². The second-order valence-corrected chi connectivity index (χ2v) is 4.81. The molecule has 0 aliphatic rings. The predicted molar refractivity (Wildman–Crippen MR) is 76.7 cm³/mol. The number of rotatable bonds is 2. The zero-order chi connectivity index (χ0) is 12.4. The van der Waals surface area contributed by atoms with Crippen molar-refractivity contribution in [3.8, 4) is 16.8 Å². The minimum Gasteiger partial charge on any atom is -0.240 e. The maximum Gasteiger partial charge on any atom is 0.128 e. The lowest BCUT2D eigenvalue weighted by molar-refractivity contribution is 0.870. The number of hydrogen-bond donors (Lipinski definition) is 0. The molecule has 0 unspecified atom stereocenters. The Morgan fingerprint density at radius 1 is 0.778 bits per heavy atom. The van der Waals surface area contributed by atoms with Gasteiger partial charge in [-0.05, 0) is 45.3 Å². The molecule has 3 rings (SSSR count). The van der Waals surface area contributed by atoms with Gasteiger partial charge in [-0.2, -0.15) is 5.10 Å². The molecule has 1 aromatic heterocycles. The Labute approximate surface area is 114 Å². The SMILES string of the molecule is Brc1ccn(-c2ccc(-c3ccccc3)cc2)n1. The van der Waals surface area contributed by atoms with Gasteiger partial charge in [-0.3, -0.25) is 0 Å². The summed E-state index contributed by atoms with van der Waals surface area (Å²) in [5, 5.41) is 4.32. The molecular weight excluding hydrogens is 288 g/mol. The third-order valence-corrected chi connectivity index (χ3v) is 3.22. The molecule has 2 nitrogen and oxygen atoms in total. The van der Waals surface area contributed by atoms with Crippen LogP contribution in [-0.4, -0.2) is 9.78 Å². The molecule has 0 atom stereocenters. The van der Waals surface area contributed by atoms with E-state index in [9.17, 15) is 0 Å². The van der Waals surface area contributed by atoms with E-state index in [-0.39, 0.29) is 0 Å². The molecule has 0 amide bonds. The monoisotopic (exact) mass is 298 g/mol. The molecule has 0 bridgehead atoms. The lowest BCUT2D eigenvalue weighted by Gasteiger charge is -2.04. The Morgan fingerprint density at radius 2 is 1.44 bits per heavy atom. The Kier molecular flexibility index (Phi) is 2.99. The zero-order valence-electron chi connectivity index (χ0n) is 9.62. The molecule has 0 saturated heterocycles. The Hall–Kier alpha value is -1.87. The van der Waals surface area contributed by atoms with E-state index in [4.69, 9.17) is 0 Å². The molecular formula is C15H11BrN2. The van der Waals surface area contributed by atoms with Crippen molar-refractivity contribution >= 4 is 15.9 Å². The van der Waals surface area contributed by atoms with Gasteiger partial charge < -0.3 is 0 Å². The third-order valence-electron chi connectivity index (χ3n) is 2.80.